The van der Waals surface area contributed by atoms with E-state index in [-0.39, 0.29) is 37.6 Å². The van der Waals surface area contributed by atoms with Crippen LogP contribution in [-0.4, -0.2) is 74.3 Å². The molecule has 0 radical (unpaired) electrons. The third kappa shape index (κ3) is 4.44. The molecule has 3 aromatic rings. The van der Waals surface area contributed by atoms with E-state index in [1.54, 1.807) is 23.0 Å². The first-order valence-corrected chi connectivity index (χ1v) is 12.0. The summed E-state index contributed by atoms with van der Waals surface area (Å²) in [5.74, 6) is 0.526. The quantitative estimate of drug-likeness (QED) is 0.399. The van der Waals surface area contributed by atoms with Gasteiger partial charge in [0.1, 0.15) is 16.9 Å². The van der Waals surface area contributed by atoms with Gasteiger partial charge in [-0.3, -0.25) is 4.79 Å². The van der Waals surface area contributed by atoms with E-state index in [0.29, 0.717) is 29.1 Å². The van der Waals surface area contributed by atoms with E-state index < -0.39 is 5.60 Å². The zero-order valence-corrected chi connectivity index (χ0v) is 19.7. The summed E-state index contributed by atoms with van der Waals surface area (Å²) in [6.07, 6.45) is 7.05. The van der Waals surface area contributed by atoms with Crippen LogP contribution in [0.5, 0.6) is 5.75 Å². The van der Waals surface area contributed by atoms with E-state index in [0.717, 1.165) is 37.2 Å². The predicted octanol–water partition coefficient (Wildman–Crippen LogP) is 1.48. The molecule has 4 heterocycles. The minimum atomic E-state index is -0.697. The average molecular weight is 482 g/mol. The Hall–Kier alpha value is -3.21. The van der Waals surface area contributed by atoms with Gasteiger partial charge in [-0.15, -0.1) is 0 Å². The van der Waals surface area contributed by atoms with Crippen molar-refractivity contribution in [1.29, 1.82) is 0 Å². The summed E-state index contributed by atoms with van der Waals surface area (Å²) in [5.41, 5.74) is 2.58. The highest BCUT2D eigenvalue weighted by atomic mass is 16.5. The number of carbonyl (C=O) groups is 1. The number of rotatable bonds is 7. The molecule has 35 heavy (non-hydrogen) atoms. The highest BCUT2D eigenvalue weighted by Gasteiger charge is 2.36. The van der Waals surface area contributed by atoms with Gasteiger partial charge in [-0.2, -0.15) is 5.10 Å². The van der Waals surface area contributed by atoms with Gasteiger partial charge in [0.2, 0.25) is 0 Å². The number of carbonyl (C=O) groups excluding carboxylic acids is 1. The summed E-state index contributed by atoms with van der Waals surface area (Å²) in [7, 11) is 0. The number of amides is 1. The average Bonchev–Trinajstić information content (AvgIpc) is 3.45. The Morgan fingerprint density at radius 3 is 2.74 bits per heavy atom. The minimum absolute atomic E-state index is 0.0252. The molecule has 1 fully saturated rings. The lowest BCUT2D eigenvalue weighted by molar-refractivity contribution is 0.0447. The molecule has 0 aliphatic carbocycles. The molecule has 0 spiro atoms. The van der Waals surface area contributed by atoms with Crippen LogP contribution in [0.15, 0.2) is 36.8 Å². The Bertz CT molecular complexity index is 1220. The zero-order valence-electron chi connectivity index (χ0n) is 19.7. The molecule has 10 heteroatoms. The van der Waals surface area contributed by atoms with Crippen LogP contribution in [0.3, 0.4) is 0 Å². The second-order valence-corrected chi connectivity index (χ2v) is 9.71. The van der Waals surface area contributed by atoms with Crippen LogP contribution in [0.1, 0.15) is 35.7 Å². The van der Waals surface area contributed by atoms with Crippen molar-refractivity contribution in [2.75, 3.05) is 43.1 Å². The first kappa shape index (κ1) is 23.5. The molecule has 0 bridgehead atoms. The Kier molecular flexibility index (Phi) is 6.35. The summed E-state index contributed by atoms with van der Waals surface area (Å²) in [5, 5.41) is 36.3. The first-order valence-electron chi connectivity index (χ1n) is 12.0. The fourth-order valence-corrected chi connectivity index (χ4v) is 5.15. The second-order valence-electron chi connectivity index (χ2n) is 9.71. The number of anilines is 2. The normalized spacial score (nSPS) is 20.3. The first-order chi connectivity index (χ1) is 16.9. The lowest BCUT2D eigenvalue weighted by atomic mass is 9.85. The molecule has 1 aromatic carbocycles. The van der Waals surface area contributed by atoms with Crippen LogP contribution in [0.2, 0.25) is 0 Å². The number of hydrogen-bond donors (Lipinski definition) is 4. The van der Waals surface area contributed by atoms with Gasteiger partial charge in [0, 0.05) is 62.7 Å². The molecule has 2 aromatic heterocycles. The van der Waals surface area contributed by atoms with Crippen LogP contribution in [-0.2, 0) is 6.42 Å². The molecule has 1 atom stereocenters. The second kappa shape index (κ2) is 9.44. The van der Waals surface area contributed by atoms with Gasteiger partial charge in [-0.1, -0.05) is 0 Å². The summed E-state index contributed by atoms with van der Waals surface area (Å²) < 4.78 is 7.64. The maximum atomic E-state index is 13.3. The number of hydrogen-bond acceptors (Lipinski definition) is 8. The number of ether oxygens (including phenoxy) is 1. The monoisotopic (exact) mass is 481 g/mol. The molecule has 1 saturated heterocycles. The molecule has 2 aliphatic rings. The molecule has 5 rings (SSSR count). The van der Waals surface area contributed by atoms with E-state index in [1.165, 1.54) is 6.20 Å². The van der Waals surface area contributed by atoms with Gasteiger partial charge in [-0.05, 0) is 37.8 Å². The number of piperidine rings is 1. The third-order valence-corrected chi connectivity index (χ3v) is 7.22. The van der Waals surface area contributed by atoms with Gasteiger partial charge in [0.05, 0.1) is 24.2 Å². The van der Waals surface area contributed by atoms with E-state index >= 15 is 0 Å². The van der Waals surface area contributed by atoms with Crippen LogP contribution >= 0.6 is 0 Å². The maximum absolute atomic E-state index is 13.3. The molecule has 4 N–H and O–H groups in total. The lowest BCUT2D eigenvalue weighted by Crippen LogP contribution is -2.38. The number of nitrogens with one attached hydrogen (secondary N) is 1. The summed E-state index contributed by atoms with van der Waals surface area (Å²) in [6, 6.07) is 5.62. The van der Waals surface area contributed by atoms with Crippen molar-refractivity contribution < 1.29 is 24.9 Å². The molecule has 186 valence electrons. The number of aromatic nitrogens is 3. The van der Waals surface area contributed by atoms with Gasteiger partial charge < -0.3 is 30.3 Å². The van der Waals surface area contributed by atoms with Crippen molar-refractivity contribution in [2.45, 2.75) is 31.8 Å². The van der Waals surface area contributed by atoms with Crippen molar-refractivity contribution in [3.8, 4) is 5.75 Å². The van der Waals surface area contributed by atoms with E-state index in [2.05, 4.69) is 20.3 Å². The summed E-state index contributed by atoms with van der Waals surface area (Å²) in [6.45, 7) is 3.15. The topological polar surface area (TPSA) is 132 Å². The smallest absolute Gasteiger partial charge is 0.261 e. The Morgan fingerprint density at radius 2 is 2.03 bits per heavy atom. The SMILES string of the molecule is C[C@@]1(CO)Cc2cc(NC(=O)c3cnn4cccnc34)c(N3CCC(C(CO)CO)CC3)cc2O1. The van der Waals surface area contributed by atoms with Crippen LogP contribution < -0.4 is 15.0 Å². The molecule has 0 saturated carbocycles. The lowest BCUT2D eigenvalue weighted by Gasteiger charge is -2.37. The van der Waals surface area contributed by atoms with Gasteiger partial charge >= 0.3 is 0 Å². The van der Waals surface area contributed by atoms with Crippen LogP contribution in [0, 0.1) is 11.8 Å². The van der Waals surface area contributed by atoms with Crippen LogP contribution in [0.4, 0.5) is 11.4 Å². The molecular formula is C25H31N5O5. The van der Waals surface area contributed by atoms with Gasteiger partial charge in [-0.25, -0.2) is 9.50 Å². The Balaban J connectivity index is 1.45. The number of fused-ring (bicyclic) bond motifs is 2. The predicted molar refractivity (Wildman–Crippen MR) is 130 cm³/mol. The van der Waals surface area contributed by atoms with Crippen molar-refractivity contribution in [3.63, 3.8) is 0 Å². The fraction of sp³-hybridized carbons (Fsp3) is 0.480. The van der Waals surface area contributed by atoms with Gasteiger partial charge in [0.25, 0.3) is 5.91 Å². The van der Waals surface area contributed by atoms with Gasteiger partial charge in [0.15, 0.2) is 5.65 Å². The Labute approximate surface area is 203 Å². The fourth-order valence-electron chi connectivity index (χ4n) is 5.15. The number of aliphatic hydroxyl groups excluding tert-OH is 3. The largest absolute Gasteiger partial charge is 0.484 e. The number of nitrogens with zero attached hydrogens (tertiary/aromatic N) is 4. The van der Waals surface area contributed by atoms with E-state index in [1.807, 2.05) is 19.1 Å². The standard InChI is InChI=1S/C25H31N5O5/c1-25(15-33)11-17-9-20(28-24(34)19-12-27-30-6-2-5-26-23(19)30)21(10-22(17)35-25)29-7-3-16(4-8-29)18(13-31)14-32/h2,5-6,9-10,12,16,18,31-33H,3-4,7-8,11,13-15H2,1H3,(H,28,34)/t25-/m0/s1. The zero-order chi connectivity index (χ0) is 24.6. The molecular weight excluding hydrogens is 450 g/mol. The molecule has 2 aliphatic heterocycles. The molecule has 10 nitrogen and oxygen atoms in total. The minimum Gasteiger partial charge on any atom is -0.484 e. The summed E-state index contributed by atoms with van der Waals surface area (Å²) in [4.78, 5) is 19.8. The van der Waals surface area contributed by atoms with Crippen molar-refractivity contribution in [2.24, 2.45) is 11.8 Å². The van der Waals surface area contributed by atoms with E-state index in [4.69, 9.17) is 4.74 Å². The van der Waals surface area contributed by atoms with E-state index in [9.17, 15) is 20.1 Å². The summed E-state index contributed by atoms with van der Waals surface area (Å²) >= 11 is 0. The molecule has 0 unspecified atom stereocenters. The Morgan fingerprint density at radius 1 is 1.26 bits per heavy atom. The molecule has 1 amide bonds. The van der Waals surface area contributed by atoms with Crippen molar-refractivity contribution in [1.82, 2.24) is 14.6 Å². The van der Waals surface area contributed by atoms with Crippen LogP contribution in [0.25, 0.3) is 5.65 Å². The number of benzene rings is 1. The highest BCUT2D eigenvalue weighted by molar-refractivity contribution is 6.09. The number of aliphatic hydroxyl groups is 3. The van der Waals surface area contributed by atoms with Crippen molar-refractivity contribution in [3.05, 3.63) is 47.9 Å². The maximum Gasteiger partial charge on any atom is 0.261 e. The van der Waals surface area contributed by atoms with Crippen molar-refractivity contribution >= 4 is 22.9 Å². The third-order valence-electron chi connectivity index (χ3n) is 7.22. The highest BCUT2D eigenvalue weighted by Crippen LogP contribution is 2.43.